The molecule has 7 heteroatoms. The summed E-state index contributed by atoms with van der Waals surface area (Å²) in [6.45, 7) is 0. The van der Waals surface area contributed by atoms with Crippen LogP contribution in [0.1, 0.15) is 24.0 Å². The minimum Gasteiger partial charge on any atom is -0.435 e. The Balaban J connectivity index is 2.05. The normalized spacial score (nSPS) is 13.8. The zero-order valence-corrected chi connectivity index (χ0v) is 13.4. The molecule has 110 valence electrons. The first kappa shape index (κ1) is 14.4. The van der Waals surface area contributed by atoms with Gasteiger partial charge < -0.3 is 10.5 Å². The predicted molar refractivity (Wildman–Crippen MR) is 85.1 cm³/mol. The number of fused-ring (bicyclic) bond motifs is 1. The van der Waals surface area contributed by atoms with E-state index in [1.807, 2.05) is 0 Å². The molecule has 0 bridgehead atoms. The summed E-state index contributed by atoms with van der Waals surface area (Å²) in [7, 11) is 0. The Morgan fingerprint density at radius 2 is 2.00 bits per heavy atom. The van der Waals surface area contributed by atoms with Gasteiger partial charge >= 0.3 is 0 Å². The number of nitrogen functional groups attached to an aromatic ring is 1. The number of aromatic nitrogens is 2. The van der Waals surface area contributed by atoms with Crippen LogP contribution in [0.4, 0.5) is 5.69 Å². The van der Waals surface area contributed by atoms with Crippen molar-refractivity contribution >= 4 is 33.2 Å². The van der Waals surface area contributed by atoms with Crippen LogP contribution in [0.2, 0.25) is 5.02 Å². The van der Waals surface area contributed by atoms with E-state index in [1.54, 1.807) is 12.1 Å². The van der Waals surface area contributed by atoms with E-state index in [0.717, 1.165) is 36.8 Å². The second kappa shape index (κ2) is 5.69. The number of ether oxygens (including phenoxy) is 1. The molecule has 0 saturated heterocycles. The van der Waals surface area contributed by atoms with Gasteiger partial charge in [0.15, 0.2) is 5.75 Å². The van der Waals surface area contributed by atoms with Crippen molar-refractivity contribution in [2.24, 2.45) is 0 Å². The average Bonchev–Trinajstić information content (AvgIpc) is 2.45. The molecule has 0 aliphatic heterocycles. The number of anilines is 1. The Hall–Kier alpha value is -1.53. The molecular weight excluding hydrogens is 358 g/mol. The highest BCUT2D eigenvalue weighted by Crippen LogP contribution is 2.39. The highest BCUT2D eigenvalue weighted by Gasteiger charge is 2.20. The van der Waals surface area contributed by atoms with Gasteiger partial charge in [0.2, 0.25) is 5.88 Å². The Morgan fingerprint density at radius 3 is 2.71 bits per heavy atom. The molecule has 0 atom stereocenters. The number of aromatic amines is 1. The molecule has 1 aliphatic rings. The molecule has 3 rings (SSSR count). The Kier molecular flexibility index (Phi) is 3.91. The van der Waals surface area contributed by atoms with Crippen molar-refractivity contribution in [1.29, 1.82) is 0 Å². The first-order valence-electron chi connectivity index (χ1n) is 6.59. The maximum absolute atomic E-state index is 11.8. The van der Waals surface area contributed by atoms with E-state index >= 15 is 0 Å². The van der Waals surface area contributed by atoms with Crippen molar-refractivity contribution in [3.63, 3.8) is 0 Å². The predicted octanol–water partition coefficient (Wildman–Crippen LogP) is 3.44. The van der Waals surface area contributed by atoms with Gasteiger partial charge in [0, 0.05) is 16.8 Å². The maximum atomic E-state index is 11.8. The molecule has 1 aromatic carbocycles. The van der Waals surface area contributed by atoms with Gasteiger partial charge in [-0.2, -0.15) is 0 Å². The highest BCUT2D eigenvalue weighted by molar-refractivity contribution is 9.10. The van der Waals surface area contributed by atoms with Crippen molar-refractivity contribution in [2.75, 3.05) is 5.73 Å². The van der Waals surface area contributed by atoms with Gasteiger partial charge in [-0.1, -0.05) is 11.6 Å². The maximum Gasteiger partial charge on any atom is 0.267 e. The van der Waals surface area contributed by atoms with E-state index in [2.05, 4.69) is 26.1 Å². The fourth-order valence-corrected chi connectivity index (χ4v) is 3.43. The Morgan fingerprint density at radius 1 is 1.29 bits per heavy atom. The Labute approximate surface area is 134 Å². The van der Waals surface area contributed by atoms with Crippen molar-refractivity contribution in [2.45, 2.75) is 25.7 Å². The number of halogens is 2. The van der Waals surface area contributed by atoms with E-state index in [1.165, 1.54) is 0 Å². The summed E-state index contributed by atoms with van der Waals surface area (Å²) in [5, 5.41) is 6.89. The van der Waals surface area contributed by atoms with Gasteiger partial charge in [-0.25, -0.2) is 5.10 Å². The largest absolute Gasteiger partial charge is 0.435 e. The standard InChI is InChI=1S/C14H13BrClN3O2/c15-10-5-7(17)6-11(16)12(10)21-14-9-4-2-1-3-8(9)13(20)18-19-14/h5-6H,1-4,17H2,(H,18,20). The minimum absolute atomic E-state index is 0.139. The molecule has 1 aliphatic carbocycles. The van der Waals surface area contributed by atoms with E-state index in [-0.39, 0.29) is 5.56 Å². The molecule has 0 amide bonds. The number of nitrogens with zero attached hydrogens (tertiary/aromatic N) is 1. The molecule has 2 aromatic rings. The molecule has 21 heavy (non-hydrogen) atoms. The van der Waals surface area contributed by atoms with Crippen LogP contribution in [0.25, 0.3) is 0 Å². The van der Waals surface area contributed by atoms with Gasteiger partial charge in [-0.05, 0) is 53.7 Å². The summed E-state index contributed by atoms with van der Waals surface area (Å²) in [5.41, 5.74) is 7.74. The summed E-state index contributed by atoms with van der Waals surface area (Å²) in [4.78, 5) is 11.8. The number of H-pyrrole nitrogens is 1. The molecule has 1 heterocycles. The fraction of sp³-hybridized carbons (Fsp3) is 0.286. The molecule has 5 nitrogen and oxygen atoms in total. The fourth-order valence-electron chi connectivity index (χ4n) is 2.49. The van der Waals surface area contributed by atoms with Crippen molar-refractivity contribution < 1.29 is 4.74 Å². The van der Waals surface area contributed by atoms with Crippen molar-refractivity contribution in [3.8, 4) is 11.6 Å². The third-order valence-corrected chi connectivity index (χ3v) is 4.35. The van der Waals surface area contributed by atoms with Crippen LogP contribution in [0.15, 0.2) is 21.4 Å². The highest BCUT2D eigenvalue weighted by atomic mass is 79.9. The third-order valence-electron chi connectivity index (χ3n) is 3.48. The monoisotopic (exact) mass is 369 g/mol. The summed E-state index contributed by atoms with van der Waals surface area (Å²) in [5.74, 6) is 0.842. The lowest BCUT2D eigenvalue weighted by Crippen LogP contribution is -2.21. The lowest BCUT2D eigenvalue weighted by Gasteiger charge is -2.18. The van der Waals surface area contributed by atoms with E-state index in [9.17, 15) is 4.79 Å². The summed E-state index contributed by atoms with van der Waals surface area (Å²) < 4.78 is 6.48. The van der Waals surface area contributed by atoms with Crippen LogP contribution in [-0.4, -0.2) is 10.2 Å². The van der Waals surface area contributed by atoms with Crippen LogP contribution < -0.4 is 16.0 Å². The number of rotatable bonds is 2. The number of hydrogen-bond acceptors (Lipinski definition) is 4. The SMILES string of the molecule is Nc1cc(Cl)c(Oc2n[nH]c(=O)c3c2CCCC3)c(Br)c1. The van der Waals surface area contributed by atoms with Gasteiger partial charge in [0.05, 0.1) is 9.50 Å². The zero-order chi connectivity index (χ0) is 15.0. The quantitative estimate of drug-likeness (QED) is 0.794. The smallest absolute Gasteiger partial charge is 0.267 e. The zero-order valence-electron chi connectivity index (χ0n) is 11.1. The first-order chi connectivity index (χ1) is 10.1. The number of nitrogens with one attached hydrogen (secondary N) is 1. The summed E-state index contributed by atoms with van der Waals surface area (Å²) in [6, 6.07) is 3.32. The van der Waals surface area contributed by atoms with Crippen LogP contribution in [0.3, 0.4) is 0 Å². The topological polar surface area (TPSA) is 81.0 Å². The first-order valence-corrected chi connectivity index (χ1v) is 7.76. The average molecular weight is 371 g/mol. The molecule has 0 unspecified atom stereocenters. The lowest BCUT2D eigenvalue weighted by molar-refractivity contribution is 0.438. The van der Waals surface area contributed by atoms with Crippen LogP contribution in [0, 0.1) is 0 Å². The summed E-state index contributed by atoms with van der Waals surface area (Å²) >= 11 is 9.54. The van der Waals surface area contributed by atoms with Gasteiger partial charge in [-0.15, -0.1) is 5.10 Å². The van der Waals surface area contributed by atoms with Gasteiger partial charge in [0.1, 0.15) is 0 Å². The molecule has 0 radical (unpaired) electrons. The Bertz CT molecular complexity index is 737. The molecule has 0 fully saturated rings. The van der Waals surface area contributed by atoms with Crippen molar-refractivity contribution in [1.82, 2.24) is 10.2 Å². The third kappa shape index (κ3) is 2.78. The van der Waals surface area contributed by atoms with E-state index in [0.29, 0.717) is 26.8 Å². The molecule has 0 saturated carbocycles. The number of benzene rings is 1. The molecule has 3 N–H and O–H groups in total. The van der Waals surface area contributed by atoms with Crippen molar-refractivity contribution in [3.05, 3.63) is 43.1 Å². The van der Waals surface area contributed by atoms with Gasteiger partial charge in [-0.3, -0.25) is 4.79 Å². The molecule has 1 aromatic heterocycles. The molecular formula is C14H13BrClN3O2. The van der Waals surface area contributed by atoms with E-state index in [4.69, 9.17) is 22.1 Å². The second-order valence-electron chi connectivity index (χ2n) is 4.94. The van der Waals surface area contributed by atoms with Crippen LogP contribution in [-0.2, 0) is 12.8 Å². The number of nitrogens with two attached hydrogens (primary N) is 1. The minimum atomic E-state index is -0.139. The van der Waals surface area contributed by atoms with Crippen LogP contribution in [0.5, 0.6) is 11.6 Å². The summed E-state index contributed by atoms with van der Waals surface area (Å²) in [6.07, 6.45) is 3.56. The van der Waals surface area contributed by atoms with Crippen LogP contribution >= 0.6 is 27.5 Å². The lowest BCUT2D eigenvalue weighted by atomic mass is 9.94. The van der Waals surface area contributed by atoms with E-state index < -0.39 is 0 Å². The number of hydrogen-bond donors (Lipinski definition) is 2. The second-order valence-corrected chi connectivity index (χ2v) is 6.20. The molecule has 0 spiro atoms. The van der Waals surface area contributed by atoms with Gasteiger partial charge in [0.25, 0.3) is 5.56 Å².